The van der Waals surface area contributed by atoms with Gasteiger partial charge in [-0.3, -0.25) is 0 Å². The highest BCUT2D eigenvalue weighted by Gasteiger charge is 2.41. The van der Waals surface area contributed by atoms with Crippen LogP contribution in [0.1, 0.15) is 48.7 Å². The number of rotatable bonds is 4. The van der Waals surface area contributed by atoms with E-state index in [1.807, 2.05) is 0 Å². The molecule has 0 aliphatic heterocycles. The first-order chi connectivity index (χ1) is 7.57. The molecule has 0 radical (unpaired) electrons. The standard InChI is InChI=1S/C13H21NOS/c1-9(2)7-11-10(3)16-12(14-11)13(8-15)5-4-6-13/h9,15H,4-8H2,1-3H3. The number of aromatic nitrogens is 1. The fourth-order valence-electron chi connectivity index (χ4n) is 2.27. The Morgan fingerprint density at radius 1 is 1.44 bits per heavy atom. The summed E-state index contributed by atoms with van der Waals surface area (Å²) >= 11 is 1.79. The molecule has 0 spiro atoms. The summed E-state index contributed by atoms with van der Waals surface area (Å²) in [6.07, 6.45) is 4.51. The highest BCUT2D eigenvalue weighted by Crippen LogP contribution is 2.45. The molecule has 0 unspecified atom stereocenters. The minimum absolute atomic E-state index is 0.0185. The third-order valence-electron chi connectivity index (χ3n) is 3.56. The first-order valence-electron chi connectivity index (χ1n) is 6.15. The first-order valence-corrected chi connectivity index (χ1v) is 6.97. The minimum atomic E-state index is 0.0185. The predicted molar refractivity (Wildman–Crippen MR) is 68.0 cm³/mol. The quantitative estimate of drug-likeness (QED) is 0.876. The van der Waals surface area contributed by atoms with Gasteiger partial charge in [0.05, 0.1) is 12.3 Å². The summed E-state index contributed by atoms with van der Waals surface area (Å²) in [6.45, 7) is 6.87. The molecular formula is C13H21NOS. The van der Waals surface area contributed by atoms with Crippen molar-refractivity contribution in [2.24, 2.45) is 5.92 Å². The van der Waals surface area contributed by atoms with Crippen LogP contribution in [0.15, 0.2) is 0 Å². The number of nitrogens with zero attached hydrogens (tertiary/aromatic N) is 1. The predicted octanol–water partition coefficient (Wildman–Crippen LogP) is 3.06. The third-order valence-corrected chi connectivity index (χ3v) is 4.82. The molecule has 3 heteroatoms. The zero-order chi connectivity index (χ0) is 11.8. The molecule has 1 fully saturated rings. The van der Waals surface area contributed by atoms with Gasteiger partial charge in [-0.15, -0.1) is 11.3 Å². The molecule has 0 amide bonds. The smallest absolute Gasteiger partial charge is 0.102 e. The van der Waals surface area contributed by atoms with Crippen LogP contribution in [0.3, 0.4) is 0 Å². The number of thiazole rings is 1. The number of aryl methyl sites for hydroxylation is 1. The second kappa shape index (κ2) is 4.46. The largest absolute Gasteiger partial charge is 0.395 e. The van der Waals surface area contributed by atoms with Crippen molar-refractivity contribution in [2.45, 2.75) is 51.9 Å². The third kappa shape index (κ3) is 2.03. The molecule has 1 N–H and O–H groups in total. The summed E-state index contributed by atoms with van der Waals surface area (Å²) in [4.78, 5) is 6.11. The number of aliphatic hydroxyl groups excluding tert-OH is 1. The molecule has 16 heavy (non-hydrogen) atoms. The molecule has 2 nitrogen and oxygen atoms in total. The molecule has 0 bridgehead atoms. The minimum Gasteiger partial charge on any atom is -0.395 e. The van der Waals surface area contributed by atoms with Crippen LogP contribution in [-0.2, 0) is 11.8 Å². The van der Waals surface area contributed by atoms with Crippen LogP contribution in [0, 0.1) is 12.8 Å². The van der Waals surface area contributed by atoms with Crippen LogP contribution in [-0.4, -0.2) is 16.7 Å². The second-order valence-corrected chi connectivity index (χ2v) is 6.62. The average molecular weight is 239 g/mol. The monoisotopic (exact) mass is 239 g/mol. The van der Waals surface area contributed by atoms with Gasteiger partial charge in [-0.1, -0.05) is 20.3 Å². The lowest BCUT2D eigenvalue weighted by molar-refractivity contribution is 0.120. The zero-order valence-corrected chi connectivity index (χ0v) is 11.2. The Labute approximate surface area is 102 Å². The summed E-state index contributed by atoms with van der Waals surface area (Å²) in [5.74, 6) is 0.653. The van der Waals surface area contributed by atoms with E-state index in [9.17, 15) is 5.11 Å². The number of aliphatic hydroxyl groups is 1. The lowest BCUT2D eigenvalue weighted by Crippen LogP contribution is -2.37. The molecule has 2 rings (SSSR count). The number of hydrogen-bond donors (Lipinski definition) is 1. The van der Waals surface area contributed by atoms with Gasteiger partial charge in [0.25, 0.3) is 0 Å². The van der Waals surface area contributed by atoms with E-state index in [4.69, 9.17) is 4.98 Å². The van der Waals surface area contributed by atoms with Crippen molar-refractivity contribution >= 4 is 11.3 Å². The summed E-state index contributed by atoms with van der Waals surface area (Å²) in [5.41, 5.74) is 1.26. The molecule has 1 heterocycles. The lowest BCUT2D eigenvalue weighted by atomic mass is 9.70. The Morgan fingerprint density at radius 2 is 2.12 bits per heavy atom. The highest BCUT2D eigenvalue weighted by molar-refractivity contribution is 7.11. The van der Waals surface area contributed by atoms with Gasteiger partial charge in [0.2, 0.25) is 0 Å². The van der Waals surface area contributed by atoms with Crippen molar-refractivity contribution in [2.75, 3.05) is 6.61 Å². The Balaban J connectivity index is 2.23. The second-order valence-electron chi connectivity index (χ2n) is 5.41. The molecule has 1 aromatic heterocycles. The Morgan fingerprint density at radius 3 is 2.56 bits per heavy atom. The highest BCUT2D eigenvalue weighted by atomic mass is 32.1. The first kappa shape index (κ1) is 12.1. The van der Waals surface area contributed by atoms with Crippen LogP contribution in [0.4, 0.5) is 0 Å². The fourth-order valence-corrected chi connectivity index (χ4v) is 3.45. The van der Waals surface area contributed by atoms with E-state index in [1.165, 1.54) is 22.0 Å². The summed E-state index contributed by atoms with van der Waals surface area (Å²) in [7, 11) is 0. The van der Waals surface area contributed by atoms with E-state index >= 15 is 0 Å². The maximum Gasteiger partial charge on any atom is 0.102 e. The SMILES string of the molecule is Cc1sc(C2(CO)CCC2)nc1CC(C)C. The molecule has 1 aromatic rings. The maximum atomic E-state index is 9.54. The van der Waals surface area contributed by atoms with Crippen LogP contribution < -0.4 is 0 Å². The Hall–Kier alpha value is -0.410. The van der Waals surface area contributed by atoms with Gasteiger partial charge in [-0.2, -0.15) is 0 Å². The van der Waals surface area contributed by atoms with Gasteiger partial charge in [0.1, 0.15) is 5.01 Å². The lowest BCUT2D eigenvalue weighted by Gasteiger charge is -2.38. The molecule has 90 valence electrons. The van der Waals surface area contributed by atoms with Crippen LogP contribution in [0.5, 0.6) is 0 Å². The van der Waals surface area contributed by atoms with Crippen molar-refractivity contribution in [1.29, 1.82) is 0 Å². The van der Waals surface area contributed by atoms with E-state index in [0.29, 0.717) is 5.92 Å². The van der Waals surface area contributed by atoms with Gasteiger partial charge in [0.15, 0.2) is 0 Å². The fraction of sp³-hybridized carbons (Fsp3) is 0.769. The summed E-state index contributed by atoms with van der Waals surface area (Å²) in [5, 5.41) is 10.7. The molecule has 1 aliphatic rings. The van der Waals surface area contributed by atoms with E-state index in [2.05, 4.69) is 20.8 Å². The number of hydrogen-bond acceptors (Lipinski definition) is 3. The molecule has 0 saturated heterocycles. The molecular weight excluding hydrogens is 218 g/mol. The van der Waals surface area contributed by atoms with Crippen LogP contribution >= 0.6 is 11.3 Å². The molecule has 1 aliphatic carbocycles. The summed E-state index contributed by atoms with van der Waals surface area (Å²) < 4.78 is 0. The van der Waals surface area contributed by atoms with Gasteiger partial charge in [-0.25, -0.2) is 4.98 Å². The molecule has 0 atom stereocenters. The van der Waals surface area contributed by atoms with Gasteiger partial charge >= 0.3 is 0 Å². The van der Waals surface area contributed by atoms with Crippen molar-refractivity contribution in [3.8, 4) is 0 Å². The zero-order valence-electron chi connectivity index (χ0n) is 10.4. The van der Waals surface area contributed by atoms with Gasteiger partial charge in [0, 0.05) is 10.3 Å². The summed E-state index contributed by atoms with van der Waals surface area (Å²) in [6, 6.07) is 0. The van der Waals surface area contributed by atoms with Crippen molar-refractivity contribution in [1.82, 2.24) is 4.98 Å². The Bertz CT molecular complexity index is 360. The van der Waals surface area contributed by atoms with Crippen LogP contribution in [0.2, 0.25) is 0 Å². The molecule has 0 aromatic carbocycles. The van der Waals surface area contributed by atoms with Crippen LogP contribution in [0.25, 0.3) is 0 Å². The average Bonchev–Trinajstić information content (AvgIpc) is 2.46. The van der Waals surface area contributed by atoms with Crippen molar-refractivity contribution in [3.63, 3.8) is 0 Å². The van der Waals surface area contributed by atoms with Gasteiger partial charge in [-0.05, 0) is 32.1 Å². The van der Waals surface area contributed by atoms with E-state index in [0.717, 1.165) is 19.3 Å². The molecule has 1 saturated carbocycles. The van der Waals surface area contributed by atoms with E-state index in [-0.39, 0.29) is 12.0 Å². The maximum absolute atomic E-state index is 9.54. The van der Waals surface area contributed by atoms with Gasteiger partial charge < -0.3 is 5.11 Å². The van der Waals surface area contributed by atoms with Crippen molar-refractivity contribution < 1.29 is 5.11 Å². The van der Waals surface area contributed by atoms with E-state index in [1.54, 1.807) is 11.3 Å². The normalized spacial score (nSPS) is 18.8. The Kier molecular flexibility index (Phi) is 3.36. The topological polar surface area (TPSA) is 33.1 Å². The van der Waals surface area contributed by atoms with Crippen molar-refractivity contribution in [3.05, 3.63) is 15.6 Å². The van der Waals surface area contributed by atoms with E-state index < -0.39 is 0 Å².